The second-order valence-corrected chi connectivity index (χ2v) is 6.41. The molecule has 0 unspecified atom stereocenters. The summed E-state index contributed by atoms with van der Waals surface area (Å²) in [6, 6.07) is 8.23. The van der Waals surface area contributed by atoms with Gasteiger partial charge < -0.3 is 15.4 Å². The molecule has 0 saturated carbocycles. The van der Waals surface area contributed by atoms with E-state index in [2.05, 4.69) is 35.9 Å². The number of pyridine rings is 1. The second kappa shape index (κ2) is 8.73. The Morgan fingerprint density at radius 3 is 2.74 bits per heavy atom. The van der Waals surface area contributed by atoms with E-state index in [0.29, 0.717) is 5.92 Å². The number of methoxy groups -OCH3 is 1. The average Bonchev–Trinajstić information content (AvgIpc) is 2.56. The summed E-state index contributed by atoms with van der Waals surface area (Å²) in [7, 11) is 1.72. The third-order valence-electron chi connectivity index (χ3n) is 3.95. The summed E-state index contributed by atoms with van der Waals surface area (Å²) < 4.78 is 5.49. The van der Waals surface area contributed by atoms with Gasteiger partial charge in [0.1, 0.15) is 5.75 Å². The number of hydrogen-bond acceptors (Lipinski definition) is 4. The highest BCUT2D eigenvalue weighted by molar-refractivity contribution is 5.92. The lowest BCUT2D eigenvalue weighted by atomic mass is 10.1. The summed E-state index contributed by atoms with van der Waals surface area (Å²) in [6.45, 7) is 7.32. The van der Waals surface area contributed by atoms with Crippen LogP contribution < -0.4 is 15.4 Å². The average molecular weight is 315 g/mol. The van der Waals surface area contributed by atoms with Crippen LogP contribution in [0.1, 0.15) is 33.1 Å². The Kier molecular flexibility index (Phi) is 6.66. The zero-order valence-corrected chi connectivity index (χ0v) is 14.6. The van der Waals surface area contributed by atoms with Crippen molar-refractivity contribution in [2.75, 3.05) is 31.6 Å². The summed E-state index contributed by atoms with van der Waals surface area (Å²) in [5.74, 6) is 1.48. The molecular weight excluding hydrogens is 286 g/mol. The Hall–Kier alpha value is -1.81. The quantitative estimate of drug-likeness (QED) is 0.714. The van der Waals surface area contributed by atoms with Gasteiger partial charge in [0.2, 0.25) is 0 Å². The minimum Gasteiger partial charge on any atom is -0.497 e. The number of ether oxygens (including phenoxy) is 1. The molecule has 23 heavy (non-hydrogen) atoms. The topological polar surface area (TPSA) is 51.4 Å². The summed E-state index contributed by atoms with van der Waals surface area (Å²) in [5, 5.41) is 1.12. The smallest absolute Gasteiger partial charge is 0.121 e. The molecule has 0 aliphatic rings. The van der Waals surface area contributed by atoms with Gasteiger partial charge in [-0.25, -0.2) is 0 Å². The Labute approximate surface area is 139 Å². The summed E-state index contributed by atoms with van der Waals surface area (Å²) in [5.41, 5.74) is 7.83. The van der Waals surface area contributed by atoms with E-state index in [4.69, 9.17) is 10.5 Å². The minimum absolute atomic E-state index is 0.592. The first-order chi connectivity index (χ1) is 11.2. The fourth-order valence-corrected chi connectivity index (χ4v) is 2.88. The lowest BCUT2D eigenvalue weighted by Gasteiger charge is -2.28. The molecule has 0 fully saturated rings. The van der Waals surface area contributed by atoms with Gasteiger partial charge in [0.05, 0.1) is 18.3 Å². The van der Waals surface area contributed by atoms with Crippen molar-refractivity contribution in [2.45, 2.75) is 33.1 Å². The molecule has 0 aliphatic carbocycles. The summed E-state index contributed by atoms with van der Waals surface area (Å²) in [6.07, 6.45) is 5.27. The molecule has 0 spiro atoms. The van der Waals surface area contributed by atoms with Crippen molar-refractivity contribution in [2.24, 2.45) is 11.7 Å². The van der Waals surface area contributed by atoms with Crippen LogP contribution in [0.15, 0.2) is 30.5 Å². The molecule has 1 aromatic carbocycles. The fraction of sp³-hybridized carbons (Fsp3) is 0.526. The maximum Gasteiger partial charge on any atom is 0.121 e. The summed E-state index contributed by atoms with van der Waals surface area (Å²) in [4.78, 5) is 7.06. The molecule has 0 aliphatic heterocycles. The number of rotatable bonds is 9. The van der Waals surface area contributed by atoms with E-state index in [1.807, 2.05) is 18.3 Å². The van der Waals surface area contributed by atoms with E-state index >= 15 is 0 Å². The lowest BCUT2D eigenvalue weighted by Crippen LogP contribution is -2.29. The van der Waals surface area contributed by atoms with Gasteiger partial charge in [-0.2, -0.15) is 0 Å². The highest BCUT2D eigenvalue weighted by Gasteiger charge is 2.14. The number of unbranched alkanes of at least 4 members (excludes halogenated alkanes) is 2. The molecule has 0 saturated heterocycles. The zero-order valence-electron chi connectivity index (χ0n) is 14.6. The zero-order chi connectivity index (χ0) is 16.7. The van der Waals surface area contributed by atoms with Crippen molar-refractivity contribution in [3.63, 3.8) is 0 Å². The first kappa shape index (κ1) is 17.5. The van der Waals surface area contributed by atoms with Crippen molar-refractivity contribution < 1.29 is 4.74 Å². The molecule has 2 N–H and O–H groups in total. The van der Waals surface area contributed by atoms with Gasteiger partial charge >= 0.3 is 0 Å². The number of nitrogens with two attached hydrogens (primary N) is 1. The van der Waals surface area contributed by atoms with E-state index in [1.165, 1.54) is 12.1 Å². The molecule has 0 amide bonds. The van der Waals surface area contributed by atoms with Crippen LogP contribution >= 0.6 is 0 Å². The largest absolute Gasteiger partial charge is 0.497 e. The van der Waals surface area contributed by atoms with Crippen molar-refractivity contribution in [1.29, 1.82) is 0 Å². The van der Waals surface area contributed by atoms with Crippen LogP contribution in [0.5, 0.6) is 5.75 Å². The predicted octanol–water partition coefficient (Wildman–Crippen LogP) is 3.83. The van der Waals surface area contributed by atoms with E-state index in [1.54, 1.807) is 7.11 Å². The van der Waals surface area contributed by atoms with E-state index < -0.39 is 0 Å². The van der Waals surface area contributed by atoms with E-state index in [-0.39, 0.29) is 0 Å². The minimum atomic E-state index is 0.592. The van der Waals surface area contributed by atoms with Crippen LogP contribution in [0.25, 0.3) is 10.9 Å². The van der Waals surface area contributed by atoms with E-state index in [9.17, 15) is 0 Å². The van der Waals surface area contributed by atoms with Crippen LogP contribution in [0.3, 0.4) is 0 Å². The molecule has 0 bridgehead atoms. The van der Waals surface area contributed by atoms with Crippen LogP contribution in [0.4, 0.5) is 5.69 Å². The van der Waals surface area contributed by atoms with Crippen molar-refractivity contribution >= 4 is 16.6 Å². The number of fused-ring (bicyclic) bond motifs is 1. The standard InChI is InChI=1S/C19H29N3O/c1-15(2)14-22(11-6-4-5-9-20)18-13-17(23-3)12-16-8-7-10-21-19(16)18/h7-8,10,12-13,15H,4-6,9,11,14,20H2,1-3H3. The number of anilines is 1. The van der Waals surface area contributed by atoms with Gasteiger partial charge in [0, 0.05) is 30.7 Å². The Balaban J connectivity index is 2.33. The van der Waals surface area contributed by atoms with Gasteiger partial charge in [-0.05, 0) is 37.4 Å². The summed E-state index contributed by atoms with van der Waals surface area (Å²) >= 11 is 0. The molecule has 4 nitrogen and oxygen atoms in total. The fourth-order valence-electron chi connectivity index (χ4n) is 2.88. The maximum atomic E-state index is 5.61. The molecule has 2 aromatic rings. The van der Waals surface area contributed by atoms with Gasteiger partial charge in [-0.15, -0.1) is 0 Å². The molecule has 4 heteroatoms. The Morgan fingerprint density at radius 2 is 2.04 bits per heavy atom. The Bertz CT molecular complexity index is 613. The normalized spacial score (nSPS) is 11.2. The third-order valence-corrected chi connectivity index (χ3v) is 3.95. The molecule has 126 valence electrons. The number of aromatic nitrogens is 1. The van der Waals surface area contributed by atoms with Crippen LogP contribution in [0.2, 0.25) is 0 Å². The number of nitrogens with zero attached hydrogens (tertiary/aromatic N) is 2. The van der Waals surface area contributed by atoms with Crippen LogP contribution in [-0.4, -0.2) is 31.7 Å². The van der Waals surface area contributed by atoms with Crippen molar-refractivity contribution in [3.05, 3.63) is 30.5 Å². The molecule has 2 rings (SSSR count). The molecule has 1 aromatic heterocycles. The van der Waals surface area contributed by atoms with Crippen molar-refractivity contribution in [1.82, 2.24) is 4.98 Å². The first-order valence-corrected chi connectivity index (χ1v) is 8.53. The highest BCUT2D eigenvalue weighted by atomic mass is 16.5. The molecular formula is C19H29N3O. The van der Waals surface area contributed by atoms with Gasteiger partial charge in [-0.1, -0.05) is 26.3 Å². The monoisotopic (exact) mass is 315 g/mol. The van der Waals surface area contributed by atoms with Gasteiger partial charge in [0.25, 0.3) is 0 Å². The predicted molar refractivity (Wildman–Crippen MR) is 98.3 cm³/mol. The molecule has 0 radical (unpaired) electrons. The maximum absolute atomic E-state index is 5.61. The molecule has 0 atom stereocenters. The van der Waals surface area contributed by atoms with Crippen LogP contribution in [0, 0.1) is 5.92 Å². The van der Waals surface area contributed by atoms with E-state index in [0.717, 1.165) is 49.1 Å². The van der Waals surface area contributed by atoms with Gasteiger partial charge in [0.15, 0.2) is 0 Å². The Morgan fingerprint density at radius 1 is 1.22 bits per heavy atom. The number of hydrogen-bond donors (Lipinski definition) is 1. The number of benzene rings is 1. The van der Waals surface area contributed by atoms with Gasteiger partial charge in [-0.3, -0.25) is 4.98 Å². The highest BCUT2D eigenvalue weighted by Crippen LogP contribution is 2.31. The third kappa shape index (κ3) is 4.83. The van der Waals surface area contributed by atoms with Crippen LogP contribution in [-0.2, 0) is 0 Å². The SMILES string of the molecule is COc1cc(N(CCCCCN)CC(C)C)c2ncccc2c1. The molecule has 1 heterocycles. The first-order valence-electron chi connectivity index (χ1n) is 8.53. The lowest BCUT2D eigenvalue weighted by molar-refractivity contribution is 0.415. The van der Waals surface area contributed by atoms with Crippen molar-refractivity contribution in [3.8, 4) is 5.75 Å². The second-order valence-electron chi connectivity index (χ2n) is 6.41.